The van der Waals surface area contributed by atoms with Gasteiger partial charge in [0.05, 0.1) is 18.1 Å². The van der Waals surface area contributed by atoms with Crippen LogP contribution in [0.1, 0.15) is 49.9 Å². The summed E-state index contributed by atoms with van der Waals surface area (Å²) < 4.78 is 31.6. The molecule has 0 aliphatic carbocycles. The fourth-order valence-electron chi connectivity index (χ4n) is 5.35. The molecule has 0 radical (unpaired) electrons. The Balaban J connectivity index is 1.24. The average Bonchev–Trinajstić information content (AvgIpc) is 3.20. The molecular formula is C25H33N5O3S. The highest BCUT2D eigenvalue weighted by Gasteiger charge is 2.43. The van der Waals surface area contributed by atoms with Gasteiger partial charge in [-0.1, -0.05) is 13.0 Å². The summed E-state index contributed by atoms with van der Waals surface area (Å²) in [7, 11) is -3.16. The maximum atomic E-state index is 11.8. The van der Waals surface area contributed by atoms with Crippen LogP contribution in [0.4, 0.5) is 5.95 Å². The molecule has 0 saturated carbocycles. The van der Waals surface area contributed by atoms with Gasteiger partial charge in [-0.2, -0.15) is 4.31 Å². The van der Waals surface area contributed by atoms with Crippen molar-refractivity contribution in [1.82, 2.24) is 19.3 Å². The molecule has 5 rings (SSSR count). The summed E-state index contributed by atoms with van der Waals surface area (Å²) >= 11 is 0. The van der Waals surface area contributed by atoms with Gasteiger partial charge in [0.15, 0.2) is 0 Å². The predicted molar refractivity (Wildman–Crippen MR) is 132 cm³/mol. The van der Waals surface area contributed by atoms with Crippen molar-refractivity contribution in [2.24, 2.45) is 5.92 Å². The molecule has 3 aliphatic heterocycles. The molecule has 3 aliphatic rings. The third-order valence-electron chi connectivity index (χ3n) is 7.54. The van der Waals surface area contributed by atoms with Gasteiger partial charge in [-0.3, -0.25) is 4.98 Å². The number of pyridine rings is 1. The average molecular weight is 484 g/mol. The van der Waals surface area contributed by atoms with E-state index in [0.29, 0.717) is 25.4 Å². The van der Waals surface area contributed by atoms with Crippen LogP contribution in [0.3, 0.4) is 0 Å². The quantitative estimate of drug-likeness (QED) is 0.646. The van der Waals surface area contributed by atoms with Crippen molar-refractivity contribution in [2.45, 2.75) is 51.6 Å². The van der Waals surface area contributed by atoms with Gasteiger partial charge in [-0.25, -0.2) is 18.4 Å². The second-order valence-electron chi connectivity index (χ2n) is 9.88. The first-order valence-electron chi connectivity index (χ1n) is 12.1. The van der Waals surface area contributed by atoms with Crippen molar-refractivity contribution < 1.29 is 13.2 Å². The zero-order valence-corrected chi connectivity index (χ0v) is 21.0. The van der Waals surface area contributed by atoms with Crippen molar-refractivity contribution >= 4 is 21.5 Å². The number of rotatable bonds is 5. The molecule has 1 unspecified atom stereocenters. The van der Waals surface area contributed by atoms with Crippen molar-refractivity contribution in [3.63, 3.8) is 0 Å². The van der Waals surface area contributed by atoms with E-state index in [2.05, 4.69) is 39.8 Å². The van der Waals surface area contributed by atoms with Gasteiger partial charge in [0.25, 0.3) is 0 Å². The van der Waals surface area contributed by atoms with E-state index in [0.717, 1.165) is 67.3 Å². The highest BCUT2D eigenvalue weighted by atomic mass is 32.2. The van der Waals surface area contributed by atoms with Crippen molar-refractivity contribution in [1.29, 1.82) is 0 Å². The molecule has 0 bridgehead atoms. The van der Waals surface area contributed by atoms with E-state index in [4.69, 9.17) is 4.74 Å². The Morgan fingerprint density at radius 2 is 1.85 bits per heavy atom. The molecule has 5 heterocycles. The largest absolute Gasteiger partial charge is 0.485 e. The molecule has 0 aromatic carbocycles. The van der Waals surface area contributed by atoms with E-state index >= 15 is 0 Å². The lowest BCUT2D eigenvalue weighted by atomic mass is 9.79. The molecule has 8 nitrogen and oxygen atoms in total. The lowest BCUT2D eigenvalue weighted by Gasteiger charge is -2.40. The summed E-state index contributed by atoms with van der Waals surface area (Å²) in [6.45, 7) is 7.10. The molecule has 0 N–H and O–H groups in total. The zero-order chi connectivity index (χ0) is 23.9. The molecule has 9 heteroatoms. The summed E-state index contributed by atoms with van der Waals surface area (Å²) in [5, 5.41) is 0. The van der Waals surface area contributed by atoms with Gasteiger partial charge in [-0.15, -0.1) is 0 Å². The van der Waals surface area contributed by atoms with Gasteiger partial charge in [-0.05, 0) is 49.8 Å². The van der Waals surface area contributed by atoms with Crippen LogP contribution in [0, 0.1) is 5.92 Å². The lowest BCUT2D eigenvalue weighted by Crippen LogP contribution is -2.46. The number of piperidine rings is 1. The minimum absolute atomic E-state index is 0.240. The van der Waals surface area contributed by atoms with E-state index in [1.165, 1.54) is 16.1 Å². The van der Waals surface area contributed by atoms with Crippen molar-refractivity contribution in [3.05, 3.63) is 47.6 Å². The minimum atomic E-state index is -3.16. The molecule has 2 aromatic heterocycles. The van der Waals surface area contributed by atoms with Crippen LogP contribution < -0.4 is 9.64 Å². The topological polar surface area (TPSA) is 88.5 Å². The molecule has 2 aromatic rings. The van der Waals surface area contributed by atoms with E-state index in [1.807, 2.05) is 24.7 Å². The van der Waals surface area contributed by atoms with Crippen LogP contribution in [-0.2, 0) is 22.9 Å². The highest BCUT2D eigenvalue weighted by Crippen LogP contribution is 2.43. The Bertz CT molecular complexity index is 1190. The molecule has 34 heavy (non-hydrogen) atoms. The van der Waals surface area contributed by atoms with Gasteiger partial charge >= 0.3 is 0 Å². The van der Waals surface area contributed by atoms with Crippen molar-refractivity contribution in [3.8, 4) is 5.75 Å². The Hall–Kier alpha value is -2.52. The second kappa shape index (κ2) is 8.92. The number of nitrogens with zero attached hydrogens (tertiary/aromatic N) is 5. The van der Waals surface area contributed by atoms with Gasteiger partial charge in [0.2, 0.25) is 16.0 Å². The Labute approximate surface area is 202 Å². The molecular weight excluding hydrogens is 450 g/mol. The summed E-state index contributed by atoms with van der Waals surface area (Å²) in [5.41, 5.74) is 4.16. The van der Waals surface area contributed by atoms with Crippen LogP contribution >= 0.6 is 0 Å². The fraction of sp³-hybridized carbons (Fsp3) is 0.560. The van der Waals surface area contributed by atoms with Gasteiger partial charge in [0.1, 0.15) is 11.4 Å². The van der Waals surface area contributed by atoms with E-state index in [1.54, 1.807) is 0 Å². The summed E-state index contributed by atoms with van der Waals surface area (Å²) in [6, 6.07) is 2.14. The first-order chi connectivity index (χ1) is 16.2. The summed E-state index contributed by atoms with van der Waals surface area (Å²) in [4.78, 5) is 16.0. The number of hydrogen-bond donors (Lipinski definition) is 0. The normalized spacial score (nSPS) is 24.0. The Morgan fingerprint density at radius 3 is 2.47 bits per heavy atom. The summed E-state index contributed by atoms with van der Waals surface area (Å²) in [5.74, 6) is 2.15. The predicted octanol–water partition coefficient (Wildman–Crippen LogP) is 3.09. The maximum absolute atomic E-state index is 11.8. The number of hydrogen-bond acceptors (Lipinski definition) is 7. The van der Waals surface area contributed by atoms with E-state index in [9.17, 15) is 8.42 Å². The smallest absolute Gasteiger partial charge is 0.225 e. The number of fused-ring (bicyclic) bond motifs is 1. The molecule has 1 atom stereocenters. The van der Waals surface area contributed by atoms with Gasteiger partial charge < -0.3 is 9.64 Å². The van der Waals surface area contributed by atoms with E-state index < -0.39 is 10.0 Å². The number of anilines is 1. The third-order valence-corrected chi connectivity index (χ3v) is 8.81. The zero-order valence-electron chi connectivity index (χ0n) is 20.2. The maximum Gasteiger partial charge on any atom is 0.225 e. The molecule has 1 saturated heterocycles. The second-order valence-corrected chi connectivity index (χ2v) is 11.9. The van der Waals surface area contributed by atoms with Crippen LogP contribution in [-0.4, -0.2) is 65.7 Å². The van der Waals surface area contributed by atoms with Crippen LogP contribution in [0.25, 0.3) is 5.57 Å². The summed E-state index contributed by atoms with van der Waals surface area (Å²) in [6.07, 6.45) is 13.5. The van der Waals surface area contributed by atoms with Crippen LogP contribution in [0.15, 0.2) is 30.7 Å². The standard InChI is InChI=1S/C25H33N5O3S/c1-4-18-15-27-24(28-16-18)29-9-7-21(8-10-29)25(2)14-20-13-22(26-17-23(20)33-25)19-5-11-30(12-6-19)34(3,31)32/h5,13,15-17,21H,4,6-12,14H2,1-3H3. The monoisotopic (exact) mass is 483 g/mol. The van der Waals surface area contributed by atoms with E-state index in [-0.39, 0.29) is 5.60 Å². The Morgan fingerprint density at radius 1 is 1.12 bits per heavy atom. The number of sulfonamides is 1. The Kier molecular flexibility index (Phi) is 6.10. The van der Waals surface area contributed by atoms with Crippen LogP contribution in [0.2, 0.25) is 0 Å². The molecule has 1 fully saturated rings. The first kappa shape index (κ1) is 23.2. The lowest BCUT2D eigenvalue weighted by molar-refractivity contribution is 0.0347. The SMILES string of the molecule is CCc1cnc(N2CCC(C3(C)Cc4cc(C5=CCN(S(C)(=O)=O)CC5)ncc4O3)CC2)nc1. The number of aryl methyl sites for hydroxylation is 1. The number of aromatic nitrogens is 3. The highest BCUT2D eigenvalue weighted by molar-refractivity contribution is 7.88. The molecule has 0 amide bonds. The third kappa shape index (κ3) is 4.55. The number of ether oxygens (including phenoxy) is 1. The van der Waals surface area contributed by atoms with Gasteiger partial charge in [0, 0.05) is 56.5 Å². The van der Waals surface area contributed by atoms with Crippen molar-refractivity contribution in [2.75, 3.05) is 37.3 Å². The first-order valence-corrected chi connectivity index (χ1v) is 14.0. The molecule has 182 valence electrons. The minimum Gasteiger partial charge on any atom is -0.485 e. The fourth-order valence-corrected chi connectivity index (χ4v) is 6.12. The molecule has 0 spiro atoms. The van der Waals surface area contributed by atoms with Crippen LogP contribution in [0.5, 0.6) is 5.75 Å².